The highest BCUT2D eigenvalue weighted by molar-refractivity contribution is 7.91. The van der Waals surface area contributed by atoms with Gasteiger partial charge in [0, 0.05) is 12.4 Å². The van der Waals surface area contributed by atoms with Crippen LogP contribution in [0.5, 0.6) is 0 Å². The molecule has 0 saturated heterocycles. The lowest BCUT2D eigenvalue weighted by Crippen LogP contribution is -2.25. The first-order chi connectivity index (χ1) is 10.1. The molecule has 0 atom stereocenters. The molecule has 0 radical (unpaired) electrons. The van der Waals surface area contributed by atoms with Crippen LogP contribution >= 0.6 is 11.6 Å². The normalized spacial score (nSPS) is 11.9. The fourth-order valence-corrected chi connectivity index (χ4v) is 3.91. The lowest BCUT2D eigenvalue weighted by atomic mass is 10.1. The zero-order chi connectivity index (χ0) is 15.8. The van der Waals surface area contributed by atoms with Crippen LogP contribution in [0.1, 0.15) is 71.1 Å². The van der Waals surface area contributed by atoms with Crippen molar-refractivity contribution < 1.29 is 8.42 Å². The highest BCUT2D eigenvalue weighted by Crippen LogP contribution is 2.10. The van der Waals surface area contributed by atoms with Gasteiger partial charge in [0.05, 0.1) is 11.5 Å². The summed E-state index contributed by atoms with van der Waals surface area (Å²) in [5, 5.41) is 3.20. The topological polar surface area (TPSA) is 46.2 Å². The van der Waals surface area contributed by atoms with Crippen molar-refractivity contribution in [1.29, 1.82) is 0 Å². The lowest BCUT2D eigenvalue weighted by Gasteiger charge is -2.05. The molecule has 1 N–H and O–H groups in total. The third-order valence-corrected chi connectivity index (χ3v) is 5.75. The Labute approximate surface area is 137 Å². The van der Waals surface area contributed by atoms with Crippen molar-refractivity contribution in [2.45, 2.75) is 71.1 Å². The highest BCUT2D eigenvalue weighted by Gasteiger charge is 2.08. The molecule has 0 spiro atoms. The second kappa shape index (κ2) is 15.1. The van der Waals surface area contributed by atoms with E-state index in [0.717, 1.165) is 13.0 Å². The maximum absolute atomic E-state index is 11.4. The van der Waals surface area contributed by atoms with Gasteiger partial charge in [-0.15, -0.1) is 11.6 Å². The van der Waals surface area contributed by atoms with Crippen molar-refractivity contribution in [3.8, 4) is 0 Å². The molecule has 0 aliphatic rings. The molecular formula is C16H34ClNO2S. The van der Waals surface area contributed by atoms with Crippen LogP contribution in [-0.2, 0) is 9.84 Å². The van der Waals surface area contributed by atoms with Crippen molar-refractivity contribution in [2.75, 3.05) is 30.5 Å². The molecule has 0 aliphatic heterocycles. The van der Waals surface area contributed by atoms with Gasteiger partial charge in [0.25, 0.3) is 0 Å². The van der Waals surface area contributed by atoms with E-state index in [1.807, 2.05) is 0 Å². The van der Waals surface area contributed by atoms with Gasteiger partial charge >= 0.3 is 0 Å². The molecule has 21 heavy (non-hydrogen) atoms. The average molecular weight is 340 g/mol. The minimum Gasteiger partial charge on any atom is -0.316 e. The van der Waals surface area contributed by atoms with Crippen LogP contribution < -0.4 is 5.32 Å². The van der Waals surface area contributed by atoms with Gasteiger partial charge < -0.3 is 5.32 Å². The molecule has 0 fully saturated rings. The summed E-state index contributed by atoms with van der Waals surface area (Å²) in [5.74, 6) is 0.493. The quantitative estimate of drug-likeness (QED) is 0.339. The maximum atomic E-state index is 11.4. The van der Waals surface area contributed by atoms with Crippen LogP contribution in [0.25, 0.3) is 0 Å². The monoisotopic (exact) mass is 339 g/mol. The summed E-state index contributed by atoms with van der Waals surface area (Å²) in [6, 6.07) is 0. The number of sulfone groups is 1. The van der Waals surface area contributed by atoms with E-state index in [2.05, 4.69) is 12.2 Å². The van der Waals surface area contributed by atoms with Gasteiger partial charge in [-0.25, -0.2) is 8.42 Å². The SMILES string of the molecule is CCCCCCCCCCCCNCCS(=O)(=O)CCCl. The Hall–Kier alpha value is 0.200. The first-order valence-electron chi connectivity index (χ1n) is 8.59. The molecule has 0 amide bonds. The van der Waals surface area contributed by atoms with Crippen molar-refractivity contribution in [1.82, 2.24) is 5.32 Å². The minimum atomic E-state index is -2.94. The van der Waals surface area contributed by atoms with E-state index in [1.54, 1.807) is 0 Å². The van der Waals surface area contributed by atoms with E-state index in [9.17, 15) is 8.42 Å². The van der Waals surface area contributed by atoms with E-state index in [4.69, 9.17) is 11.6 Å². The Morgan fingerprint density at radius 3 is 1.81 bits per heavy atom. The zero-order valence-electron chi connectivity index (χ0n) is 13.7. The van der Waals surface area contributed by atoms with Gasteiger partial charge in [0.2, 0.25) is 0 Å². The largest absolute Gasteiger partial charge is 0.316 e. The summed E-state index contributed by atoms with van der Waals surface area (Å²) in [5.41, 5.74) is 0. The maximum Gasteiger partial charge on any atom is 0.152 e. The van der Waals surface area contributed by atoms with Gasteiger partial charge in [0.1, 0.15) is 0 Å². The van der Waals surface area contributed by atoms with E-state index < -0.39 is 9.84 Å². The fourth-order valence-electron chi connectivity index (χ4n) is 2.31. The van der Waals surface area contributed by atoms with Gasteiger partial charge in [-0.2, -0.15) is 0 Å². The summed E-state index contributed by atoms with van der Waals surface area (Å²) < 4.78 is 22.8. The number of nitrogens with one attached hydrogen (secondary N) is 1. The molecule has 0 unspecified atom stereocenters. The smallest absolute Gasteiger partial charge is 0.152 e. The van der Waals surface area contributed by atoms with Crippen LogP contribution in [-0.4, -0.2) is 38.9 Å². The van der Waals surface area contributed by atoms with Crippen molar-refractivity contribution >= 4 is 21.4 Å². The molecule has 0 aromatic heterocycles. The van der Waals surface area contributed by atoms with Crippen LogP contribution in [0.15, 0.2) is 0 Å². The molecule has 5 heteroatoms. The average Bonchev–Trinajstić information content (AvgIpc) is 2.44. The third-order valence-electron chi connectivity index (χ3n) is 3.69. The number of unbranched alkanes of at least 4 members (excludes halogenated alkanes) is 9. The standard InChI is InChI=1S/C16H34ClNO2S/c1-2-3-4-5-6-7-8-9-10-11-13-18-14-16-21(19,20)15-12-17/h18H,2-16H2,1H3. The molecule has 0 saturated carbocycles. The summed E-state index contributed by atoms with van der Waals surface area (Å²) in [6.45, 7) is 3.73. The second-order valence-corrected chi connectivity index (χ2v) is 8.45. The predicted molar refractivity (Wildman–Crippen MR) is 94.1 cm³/mol. The van der Waals surface area contributed by atoms with Gasteiger partial charge in [-0.3, -0.25) is 0 Å². The summed E-state index contributed by atoms with van der Waals surface area (Å²) in [7, 11) is -2.94. The van der Waals surface area contributed by atoms with Crippen molar-refractivity contribution in [2.24, 2.45) is 0 Å². The predicted octanol–water partition coefficient (Wildman–Crippen LogP) is 4.15. The Morgan fingerprint density at radius 1 is 0.762 bits per heavy atom. The highest BCUT2D eigenvalue weighted by atomic mass is 35.5. The van der Waals surface area contributed by atoms with Gasteiger partial charge in [-0.05, 0) is 13.0 Å². The summed E-state index contributed by atoms with van der Waals surface area (Å²) in [6.07, 6.45) is 13.3. The first kappa shape index (κ1) is 21.2. The number of hydrogen-bond donors (Lipinski definition) is 1. The van der Waals surface area contributed by atoms with Gasteiger partial charge in [-0.1, -0.05) is 64.7 Å². The molecular weight excluding hydrogens is 306 g/mol. The molecule has 0 aromatic rings. The number of halogens is 1. The van der Waals surface area contributed by atoms with Crippen molar-refractivity contribution in [3.63, 3.8) is 0 Å². The first-order valence-corrected chi connectivity index (χ1v) is 10.9. The minimum absolute atomic E-state index is 0.0918. The van der Waals surface area contributed by atoms with E-state index >= 15 is 0 Å². The Kier molecular flexibility index (Phi) is 15.3. The van der Waals surface area contributed by atoms with Gasteiger partial charge in [0.15, 0.2) is 9.84 Å². The molecule has 0 aromatic carbocycles. The third kappa shape index (κ3) is 16.4. The molecule has 0 aliphatic carbocycles. The van der Waals surface area contributed by atoms with Crippen LogP contribution in [0.4, 0.5) is 0 Å². The van der Waals surface area contributed by atoms with E-state index in [-0.39, 0.29) is 17.4 Å². The van der Waals surface area contributed by atoms with Crippen LogP contribution in [0.3, 0.4) is 0 Å². The fraction of sp³-hybridized carbons (Fsp3) is 1.00. The Balaban J connectivity index is 3.16. The zero-order valence-corrected chi connectivity index (χ0v) is 15.3. The number of hydrogen-bond acceptors (Lipinski definition) is 3. The van der Waals surface area contributed by atoms with E-state index in [0.29, 0.717) is 6.54 Å². The lowest BCUT2D eigenvalue weighted by molar-refractivity contribution is 0.545. The molecule has 0 heterocycles. The van der Waals surface area contributed by atoms with Crippen molar-refractivity contribution in [3.05, 3.63) is 0 Å². The summed E-state index contributed by atoms with van der Waals surface area (Å²) in [4.78, 5) is 0. The Bertz CT molecular complexity index is 307. The van der Waals surface area contributed by atoms with Crippen LogP contribution in [0.2, 0.25) is 0 Å². The van der Waals surface area contributed by atoms with E-state index in [1.165, 1.54) is 57.8 Å². The van der Waals surface area contributed by atoms with Crippen LogP contribution in [0, 0.1) is 0 Å². The molecule has 3 nitrogen and oxygen atoms in total. The Morgan fingerprint density at radius 2 is 1.29 bits per heavy atom. The molecule has 0 bridgehead atoms. The summed E-state index contributed by atoms with van der Waals surface area (Å²) >= 11 is 5.44. The number of alkyl halides is 1. The molecule has 128 valence electrons. The second-order valence-electron chi connectivity index (χ2n) is 5.77. The molecule has 0 rings (SSSR count). The number of rotatable bonds is 16.